The number of methoxy groups -OCH3 is 1. The van der Waals surface area contributed by atoms with Crippen LogP contribution < -0.4 is 4.74 Å². The van der Waals surface area contributed by atoms with E-state index in [4.69, 9.17) is 21.1 Å². The SMILES string of the molecule is COC(=O)c1ccc(N=C2S/C(=C\c3ccc(OCc4ccc(Cl)cc4)cc3)C(=O)N2C)cc1. The molecule has 0 atom stereocenters. The van der Waals surface area contributed by atoms with Crippen LogP contribution in [0.3, 0.4) is 0 Å². The molecule has 172 valence electrons. The van der Waals surface area contributed by atoms with Crippen molar-refractivity contribution < 1.29 is 19.1 Å². The molecule has 1 aliphatic rings. The van der Waals surface area contributed by atoms with Gasteiger partial charge >= 0.3 is 5.97 Å². The predicted octanol–water partition coefficient (Wildman–Crippen LogP) is 5.94. The van der Waals surface area contributed by atoms with Crippen molar-refractivity contribution in [2.75, 3.05) is 14.2 Å². The number of nitrogens with zero attached hydrogens (tertiary/aromatic N) is 2. The van der Waals surface area contributed by atoms with Gasteiger partial charge in [0, 0.05) is 12.1 Å². The molecule has 4 rings (SSSR count). The Morgan fingerprint density at radius 1 is 1.03 bits per heavy atom. The number of thioether (sulfide) groups is 1. The molecule has 1 fully saturated rings. The van der Waals surface area contributed by atoms with E-state index in [-0.39, 0.29) is 5.91 Å². The van der Waals surface area contributed by atoms with Crippen molar-refractivity contribution >= 4 is 52.2 Å². The van der Waals surface area contributed by atoms with Crippen molar-refractivity contribution in [2.24, 2.45) is 4.99 Å². The van der Waals surface area contributed by atoms with Crippen molar-refractivity contribution in [1.82, 2.24) is 4.90 Å². The quantitative estimate of drug-likeness (QED) is 0.314. The largest absolute Gasteiger partial charge is 0.489 e. The van der Waals surface area contributed by atoms with E-state index in [1.165, 1.54) is 23.8 Å². The molecule has 0 unspecified atom stereocenters. The monoisotopic (exact) mass is 492 g/mol. The van der Waals surface area contributed by atoms with E-state index < -0.39 is 5.97 Å². The van der Waals surface area contributed by atoms with Gasteiger partial charge in [0.1, 0.15) is 12.4 Å². The summed E-state index contributed by atoms with van der Waals surface area (Å²) in [6.45, 7) is 0.442. The van der Waals surface area contributed by atoms with Gasteiger partial charge in [-0.05, 0) is 77.5 Å². The lowest BCUT2D eigenvalue weighted by molar-refractivity contribution is -0.121. The molecule has 0 spiro atoms. The minimum atomic E-state index is -0.409. The van der Waals surface area contributed by atoms with Crippen molar-refractivity contribution in [1.29, 1.82) is 0 Å². The summed E-state index contributed by atoms with van der Waals surface area (Å²) < 4.78 is 10.5. The molecule has 0 aliphatic carbocycles. The van der Waals surface area contributed by atoms with E-state index >= 15 is 0 Å². The smallest absolute Gasteiger partial charge is 0.337 e. The van der Waals surface area contributed by atoms with E-state index in [1.54, 1.807) is 31.3 Å². The zero-order chi connectivity index (χ0) is 24.1. The average molecular weight is 493 g/mol. The number of rotatable bonds is 6. The number of amides is 1. The first-order valence-corrected chi connectivity index (χ1v) is 11.5. The summed E-state index contributed by atoms with van der Waals surface area (Å²) in [4.78, 5) is 30.9. The van der Waals surface area contributed by atoms with Gasteiger partial charge in [-0.3, -0.25) is 9.69 Å². The van der Waals surface area contributed by atoms with E-state index in [1.807, 2.05) is 54.6 Å². The molecular weight excluding hydrogens is 472 g/mol. The first-order chi connectivity index (χ1) is 16.4. The molecule has 1 heterocycles. The van der Waals surface area contributed by atoms with Crippen LogP contribution in [-0.2, 0) is 16.1 Å². The predicted molar refractivity (Wildman–Crippen MR) is 135 cm³/mol. The lowest BCUT2D eigenvalue weighted by atomic mass is 10.2. The summed E-state index contributed by atoms with van der Waals surface area (Å²) in [5.74, 6) is 0.198. The zero-order valence-corrected chi connectivity index (χ0v) is 20.1. The van der Waals surface area contributed by atoms with Gasteiger partial charge in [0.2, 0.25) is 0 Å². The van der Waals surface area contributed by atoms with Crippen molar-refractivity contribution in [3.8, 4) is 5.75 Å². The Hall–Kier alpha value is -3.55. The molecule has 1 aliphatic heterocycles. The Labute approximate surface area is 206 Å². The highest BCUT2D eigenvalue weighted by Gasteiger charge is 2.30. The third-order valence-electron chi connectivity index (χ3n) is 5.01. The number of hydrogen-bond donors (Lipinski definition) is 0. The molecule has 0 aromatic heterocycles. The molecule has 8 heteroatoms. The molecule has 0 radical (unpaired) electrons. The molecule has 1 amide bonds. The van der Waals surface area contributed by atoms with Gasteiger partial charge < -0.3 is 9.47 Å². The summed E-state index contributed by atoms with van der Waals surface area (Å²) in [6, 6.07) is 21.8. The summed E-state index contributed by atoms with van der Waals surface area (Å²) in [5.41, 5.74) is 2.99. The van der Waals surface area contributed by atoms with Gasteiger partial charge in [-0.15, -0.1) is 0 Å². The van der Waals surface area contributed by atoms with Crippen LogP contribution in [0.4, 0.5) is 5.69 Å². The number of hydrogen-bond acceptors (Lipinski definition) is 6. The zero-order valence-electron chi connectivity index (χ0n) is 18.5. The molecule has 34 heavy (non-hydrogen) atoms. The van der Waals surface area contributed by atoms with Gasteiger partial charge in [0.05, 0.1) is 23.3 Å². The van der Waals surface area contributed by atoms with Crippen molar-refractivity contribution in [3.05, 3.63) is 99.4 Å². The second-order valence-electron chi connectivity index (χ2n) is 7.39. The lowest BCUT2D eigenvalue weighted by Crippen LogP contribution is -2.23. The number of aliphatic imine (C=N–C) groups is 1. The van der Waals surface area contributed by atoms with Crippen LogP contribution in [0.5, 0.6) is 5.75 Å². The van der Waals surface area contributed by atoms with Gasteiger partial charge in [-0.1, -0.05) is 35.9 Å². The van der Waals surface area contributed by atoms with Crippen LogP contribution in [0.1, 0.15) is 21.5 Å². The van der Waals surface area contributed by atoms with Gasteiger partial charge in [0.25, 0.3) is 5.91 Å². The van der Waals surface area contributed by atoms with Crippen molar-refractivity contribution in [2.45, 2.75) is 6.61 Å². The normalized spacial score (nSPS) is 15.7. The molecule has 0 N–H and O–H groups in total. The van der Waals surface area contributed by atoms with E-state index in [2.05, 4.69) is 4.99 Å². The minimum Gasteiger partial charge on any atom is -0.489 e. The Morgan fingerprint density at radius 2 is 1.71 bits per heavy atom. The van der Waals surface area contributed by atoms with Crippen molar-refractivity contribution in [3.63, 3.8) is 0 Å². The third-order valence-corrected chi connectivity index (χ3v) is 6.33. The molecular formula is C26H21ClN2O4S. The number of ether oxygens (including phenoxy) is 2. The lowest BCUT2D eigenvalue weighted by Gasteiger charge is -2.07. The summed E-state index contributed by atoms with van der Waals surface area (Å²) >= 11 is 7.21. The molecule has 1 saturated heterocycles. The fraction of sp³-hybridized carbons (Fsp3) is 0.115. The highest BCUT2D eigenvalue weighted by atomic mass is 35.5. The van der Waals surface area contributed by atoms with Crippen LogP contribution in [-0.4, -0.2) is 36.1 Å². The molecule has 6 nitrogen and oxygen atoms in total. The number of halogens is 1. The van der Waals surface area contributed by atoms with Gasteiger partial charge in [-0.2, -0.15) is 0 Å². The highest BCUT2D eigenvalue weighted by molar-refractivity contribution is 8.18. The van der Waals surface area contributed by atoms with Gasteiger partial charge in [-0.25, -0.2) is 9.79 Å². The van der Waals surface area contributed by atoms with E-state index in [0.717, 1.165) is 16.9 Å². The maximum absolute atomic E-state index is 12.7. The number of carbonyl (C=O) groups excluding carboxylic acids is 2. The van der Waals surface area contributed by atoms with Crippen LogP contribution in [0, 0.1) is 0 Å². The van der Waals surface area contributed by atoms with Crippen LogP contribution in [0.15, 0.2) is 82.7 Å². The van der Waals surface area contributed by atoms with E-state index in [0.29, 0.717) is 33.0 Å². The summed E-state index contributed by atoms with van der Waals surface area (Å²) in [6.07, 6.45) is 1.83. The third kappa shape index (κ3) is 5.68. The van der Waals surface area contributed by atoms with Crippen LogP contribution >= 0.6 is 23.4 Å². The number of amidine groups is 1. The maximum Gasteiger partial charge on any atom is 0.337 e. The number of esters is 1. The Balaban J connectivity index is 1.42. The highest BCUT2D eigenvalue weighted by Crippen LogP contribution is 2.33. The number of carbonyl (C=O) groups is 2. The average Bonchev–Trinajstić information content (AvgIpc) is 3.12. The van der Waals surface area contributed by atoms with Crippen LogP contribution in [0.25, 0.3) is 6.08 Å². The molecule has 0 bridgehead atoms. The van der Waals surface area contributed by atoms with E-state index in [9.17, 15) is 9.59 Å². The standard InChI is InChI=1S/C26H21ClN2O4S/c1-29-24(30)23(34-26(29)28-21-11-7-19(8-12-21)25(31)32-2)15-17-5-13-22(14-6-17)33-16-18-3-9-20(27)10-4-18/h3-15H,16H2,1-2H3/b23-15-,28-26?. The second kappa shape index (κ2) is 10.6. The Kier molecular flexibility index (Phi) is 7.35. The second-order valence-corrected chi connectivity index (χ2v) is 8.84. The summed E-state index contributed by atoms with van der Waals surface area (Å²) in [7, 11) is 3.02. The Bertz CT molecular complexity index is 1250. The first kappa shape index (κ1) is 23.6. The molecule has 3 aromatic rings. The fourth-order valence-electron chi connectivity index (χ4n) is 3.11. The minimum absolute atomic E-state index is 0.127. The number of benzene rings is 3. The Morgan fingerprint density at radius 3 is 2.35 bits per heavy atom. The first-order valence-electron chi connectivity index (χ1n) is 10.3. The fourth-order valence-corrected chi connectivity index (χ4v) is 4.22. The topological polar surface area (TPSA) is 68.2 Å². The molecule has 0 saturated carbocycles. The molecule has 3 aromatic carbocycles. The summed E-state index contributed by atoms with van der Waals surface area (Å²) in [5, 5.41) is 1.25. The van der Waals surface area contributed by atoms with Gasteiger partial charge in [0.15, 0.2) is 5.17 Å². The number of likely N-dealkylation sites (N-methyl/N-ethyl adjacent to an activating group) is 1. The maximum atomic E-state index is 12.7. The van der Waals surface area contributed by atoms with Crippen LogP contribution in [0.2, 0.25) is 5.02 Å².